The molecular formula is C14H12F3NO. The van der Waals surface area contributed by atoms with Crippen molar-refractivity contribution in [2.45, 2.75) is 6.54 Å². The van der Waals surface area contributed by atoms with Crippen LogP contribution in [0.2, 0.25) is 0 Å². The normalized spacial score (nSPS) is 10.3. The molecule has 0 atom stereocenters. The first kappa shape index (κ1) is 13.3. The highest BCUT2D eigenvalue weighted by atomic mass is 19.1. The van der Waals surface area contributed by atoms with Crippen LogP contribution in [0.1, 0.15) is 5.56 Å². The van der Waals surface area contributed by atoms with Crippen molar-refractivity contribution in [1.29, 1.82) is 0 Å². The molecule has 0 radical (unpaired) electrons. The highest BCUT2D eigenvalue weighted by Gasteiger charge is 2.05. The third-order valence-corrected chi connectivity index (χ3v) is 2.58. The predicted molar refractivity (Wildman–Crippen MR) is 66.6 cm³/mol. The van der Waals surface area contributed by atoms with Gasteiger partial charge in [0.25, 0.3) is 0 Å². The second kappa shape index (κ2) is 5.65. The number of hydrogen-bond donors (Lipinski definition) is 1. The van der Waals surface area contributed by atoms with Gasteiger partial charge in [0.05, 0.1) is 12.8 Å². The summed E-state index contributed by atoms with van der Waals surface area (Å²) in [5.74, 6) is -1.29. The summed E-state index contributed by atoms with van der Waals surface area (Å²) >= 11 is 0. The summed E-state index contributed by atoms with van der Waals surface area (Å²) in [5, 5.41) is 2.77. The number of hydrogen-bond acceptors (Lipinski definition) is 2. The molecule has 0 amide bonds. The van der Waals surface area contributed by atoms with Crippen molar-refractivity contribution in [3.8, 4) is 5.75 Å². The van der Waals surface area contributed by atoms with Crippen LogP contribution in [0.4, 0.5) is 18.9 Å². The Morgan fingerprint density at radius 1 is 1.00 bits per heavy atom. The van der Waals surface area contributed by atoms with Gasteiger partial charge in [0, 0.05) is 18.7 Å². The van der Waals surface area contributed by atoms with Gasteiger partial charge in [-0.15, -0.1) is 0 Å². The lowest BCUT2D eigenvalue weighted by Gasteiger charge is -2.09. The molecule has 0 spiro atoms. The van der Waals surface area contributed by atoms with Crippen molar-refractivity contribution in [2.24, 2.45) is 0 Å². The quantitative estimate of drug-likeness (QED) is 0.911. The molecule has 19 heavy (non-hydrogen) atoms. The van der Waals surface area contributed by atoms with E-state index in [1.165, 1.54) is 37.4 Å². The monoisotopic (exact) mass is 267 g/mol. The van der Waals surface area contributed by atoms with Gasteiger partial charge in [0.15, 0.2) is 0 Å². The lowest BCUT2D eigenvalue weighted by molar-refractivity contribution is 0.414. The number of ether oxygens (including phenoxy) is 1. The number of nitrogens with one attached hydrogen (secondary N) is 1. The molecule has 1 N–H and O–H groups in total. The molecule has 0 saturated heterocycles. The molecule has 0 fully saturated rings. The zero-order chi connectivity index (χ0) is 13.8. The van der Waals surface area contributed by atoms with Crippen LogP contribution in [0.5, 0.6) is 5.75 Å². The van der Waals surface area contributed by atoms with E-state index in [0.717, 1.165) is 6.07 Å². The number of methoxy groups -OCH3 is 1. The van der Waals surface area contributed by atoms with Gasteiger partial charge in [0.1, 0.15) is 23.2 Å². The van der Waals surface area contributed by atoms with Gasteiger partial charge in [0.2, 0.25) is 0 Å². The molecule has 2 rings (SSSR count). The van der Waals surface area contributed by atoms with E-state index >= 15 is 0 Å². The van der Waals surface area contributed by atoms with Gasteiger partial charge in [-0.2, -0.15) is 0 Å². The van der Waals surface area contributed by atoms with Crippen molar-refractivity contribution < 1.29 is 17.9 Å². The second-order valence-electron chi connectivity index (χ2n) is 3.98. The SMILES string of the molecule is COc1ccc(F)c(NCc2cc(F)cc(F)c2)c1. The molecule has 0 aliphatic carbocycles. The van der Waals surface area contributed by atoms with Crippen molar-refractivity contribution >= 4 is 5.69 Å². The van der Waals surface area contributed by atoms with E-state index < -0.39 is 17.5 Å². The Balaban J connectivity index is 2.13. The van der Waals surface area contributed by atoms with Gasteiger partial charge in [-0.3, -0.25) is 0 Å². The summed E-state index contributed by atoms with van der Waals surface area (Å²) < 4.78 is 44.5. The van der Waals surface area contributed by atoms with Gasteiger partial charge < -0.3 is 10.1 Å². The number of rotatable bonds is 4. The van der Waals surface area contributed by atoms with Gasteiger partial charge >= 0.3 is 0 Å². The Morgan fingerprint density at radius 3 is 2.32 bits per heavy atom. The molecule has 2 nitrogen and oxygen atoms in total. The maximum Gasteiger partial charge on any atom is 0.146 e. The summed E-state index contributed by atoms with van der Waals surface area (Å²) in [6, 6.07) is 7.39. The van der Waals surface area contributed by atoms with E-state index in [1.54, 1.807) is 0 Å². The molecule has 0 unspecified atom stereocenters. The molecule has 0 bridgehead atoms. The molecule has 5 heteroatoms. The van der Waals surface area contributed by atoms with E-state index in [1.807, 2.05) is 0 Å². The smallest absolute Gasteiger partial charge is 0.146 e. The second-order valence-corrected chi connectivity index (χ2v) is 3.98. The number of anilines is 1. The van der Waals surface area contributed by atoms with Crippen LogP contribution < -0.4 is 10.1 Å². The van der Waals surface area contributed by atoms with Gasteiger partial charge in [-0.05, 0) is 29.8 Å². The summed E-state index contributed by atoms with van der Waals surface area (Å²) in [6.07, 6.45) is 0. The zero-order valence-corrected chi connectivity index (χ0v) is 10.2. The van der Waals surface area contributed by atoms with Gasteiger partial charge in [-0.25, -0.2) is 13.2 Å². The van der Waals surface area contributed by atoms with E-state index in [-0.39, 0.29) is 12.2 Å². The maximum absolute atomic E-state index is 13.5. The molecule has 100 valence electrons. The van der Waals surface area contributed by atoms with Crippen LogP contribution in [0.15, 0.2) is 36.4 Å². The van der Waals surface area contributed by atoms with Crippen LogP contribution in [0.25, 0.3) is 0 Å². The summed E-state index contributed by atoms with van der Waals surface area (Å²) in [6.45, 7) is 0.110. The summed E-state index contributed by atoms with van der Waals surface area (Å²) in [5.41, 5.74) is 0.601. The fraction of sp³-hybridized carbons (Fsp3) is 0.143. The van der Waals surface area contributed by atoms with Gasteiger partial charge in [-0.1, -0.05) is 0 Å². The van der Waals surface area contributed by atoms with E-state index in [0.29, 0.717) is 11.3 Å². The molecule has 0 saturated carbocycles. The first-order chi connectivity index (χ1) is 9.08. The van der Waals surface area contributed by atoms with Crippen LogP contribution in [-0.2, 0) is 6.54 Å². The topological polar surface area (TPSA) is 21.3 Å². The van der Waals surface area contributed by atoms with Crippen LogP contribution in [-0.4, -0.2) is 7.11 Å². The molecule has 0 heterocycles. The fourth-order valence-corrected chi connectivity index (χ4v) is 1.68. The Labute approximate surface area is 108 Å². The summed E-state index contributed by atoms with van der Waals surface area (Å²) in [4.78, 5) is 0. The Bertz CT molecular complexity index is 567. The van der Waals surface area contributed by atoms with E-state index in [4.69, 9.17) is 4.74 Å². The van der Waals surface area contributed by atoms with E-state index in [9.17, 15) is 13.2 Å². The lowest BCUT2D eigenvalue weighted by atomic mass is 10.2. The highest BCUT2D eigenvalue weighted by Crippen LogP contribution is 2.21. The Hall–Kier alpha value is -2.17. The lowest BCUT2D eigenvalue weighted by Crippen LogP contribution is -2.02. The Morgan fingerprint density at radius 2 is 1.68 bits per heavy atom. The standard InChI is InChI=1S/C14H12F3NO/c1-19-12-2-3-13(17)14(7-12)18-8-9-4-10(15)6-11(16)5-9/h2-7,18H,8H2,1H3. The minimum absolute atomic E-state index is 0.110. The van der Waals surface area contributed by atoms with Crippen molar-refractivity contribution in [2.75, 3.05) is 12.4 Å². The first-order valence-corrected chi connectivity index (χ1v) is 5.61. The van der Waals surface area contributed by atoms with Crippen molar-refractivity contribution in [3.63, 3.8) is 0 Å². The van der Waals surface area contributed by atoms with Crippen molar-refractivity contribution in [3.05, 3.63) is 59.4 Å². The molecule has 0 aromatic heterocycles. The molecule has 2 aromatic carbocycles. The molecule has 2 aromatic rings. The van der Waals surface area contributed by atoms with Crippen molar-refractivity contribution in [1.82, 2.24) is 0 Å². The molecule has 0 aliphatic heterocycles. The largest absolute Gasteiger partial charge is 0.497 e. The average Bonchev–Trinajstić information content (AvgIpc) is 2.37. The minimum Gasteiger partial charge on any atom is -0.497 e. The van der Waals surface area contributed by atoms with E-state index in [2.05, 4.69) is 5.32 Å². The van der Waals surface area contributed by atoms with Crippen LogP contribution in [0.3, 0.4) is 0 Å². The third-order valence-electron chi connectivity index (χ3n) is 2.58. The zero-order valence-electron chi connectivity index (χ0n) is 10.2. The Kier molecular flexibility index (Phi) is 3.94. The number of benzene rings is 2. The predicted octanol–water partition coefficient (Wildman–Crippen LogP) is 3.72. The number of halogens is 3. The highest BCUT2D eigenvalue weighted by molar-refractivity contribution is 5.50. The first-order valence-electron chi connectivity index (χ1n) is 5.61. The fourth-order valence-electron chi connectivity index (χ4n) is 1.68. The van der Waals surface area contributed by atoms with Crippen LogP contribution >= 0.6 is 0 Å². The molecular weight excluding hydrogens is 255 g/mol. The molecule has 0 aliphatic rings. The summed E-state index contributed by atoms with van der Waals surface area (Å²) in [7, 11) is 1.47. The maximum atomic E-state index is 13.5. The minimum atomic E-state index is -0.664. The third kappa shape index (κ3) is 3.40. The van der Waals surface area contributed by atoms with Crippen LogP contribution in [0, 0.1) is 17.5 Å². The average molecular weight is 267 g/mol.